The van der Waals surface area contributed by atoms with E-state index in [1.54, 1.807) is 18.2 Å². The Kier molecular flexibility index (Phi) is 5.95. The Morgan fingerprint density at radius 3 is 1.88 bits per heavy atom. The van der Waals surface area contributed by atoms with E-state index in [2.05, 4.69) is 39.0 Å². The maximum atomic E-state index is 11.8. The first-order chi connectivity index (χ1) is 15.8. The predicted molar refractivity (Wildman–Crippen MR) is 138 cm³/mol. The van der Waals surface area contributed by atoms with Gasteiger partial charge in [-0.2, -0.15) is 0 Å². The maximum Gasteiger partial charge on any atom is 0.494 e. The molecule has 1 heterocycles. The van der Waals surface area contributed by atoms with Crippen molar-refractivity contribution < 1.29 is 14.2 Å². The molecule has 5 nitrogen and oxygen atoms in total. The van der Waals surface area contributed by atoms with Crippen LogP contribution in [0.4, 0.5) is 5.69 Å². The van der Waals surface area contributed by atoms with Gasteiger partial charge in [-0.3, -0.25) is 10.1 Å². The van der Waals surface area contributed by atoms with Crippen LogP contribution in [-0.2, 0) is 14.7 Å². The Morgan fingerprint density at radius 1 is 0.794 bits per heavy atom. The highest BCUT2D eigenvalue weighted by Gasteiger charge is 2.51. The van der Waals surface area contributed by atoms with E-state index >= 15 is 0 Å². The summed E-state index contributed by atoms with van der Waals surface area (Å²) in [6.45, 7) is 14.7. The van der Waals surface area contributed by atoms with Gasteiger partial charge in [0.2, 0.25) is 0 Å². The molecule has 176 valence electrons. The lowest BCUT2D eigenvalue weighted by Gasteiger charge is -2.32. The summed E-state index contributed by atoms with van der Waals surface area (Å²) in [6.07, 6.45) is 0. The molecule has 34 heavy (non-hydrogen) atoms. The molecule has 0 spiro atoms. The lowest BCUT2D eigenvalue weighted by molar-refractivity contribution is -0.384. The second kappa shape index (κ2) is 8.37. The number of nitrogens with zero attached hydrogens (tertiary/aromatic N) is 1. The number of benzene rings is 3. The minimum Gasteiger partial charge on any atom is -0.399 e. The number of nitro groups is 1. The fourth-order valence-electron chi connectivity index (χ4n) is 4.19. The second-order valence-corrected chi connectivity index (χ2v) is 11.0. The zero-order chi connectivity index (χ0) is 24.9. The molecule has 4 rings (SSSR count). The first-order valence-corrected chi connectivity index (χ1v) is 11.6. The SMILES string of the molecule is CC(C)(C)c1cc(B2OC(C)(C)C(C)(C)O2)cc(-c2ccccc2-c2ccccc2[N+](=O)[O-])c1. The summed E-state index contributed by atoms with van der Waals surface area (Å²) in [7, 11) is -0.496. The van der Waals surface area contributed by atoms with Gasteiger partial charge in [0.1, 0.15) is 0 Å². The molecule has 0 unspecified atom stereocenters. The lowest BCUT2D eigenvalue weighted by atomic mass is 9.73. The van der Waals surface area contributed by atoms with Crippen molar-refractivity contribution in [2.24, 2.45) is 0 Å². The molecular weight excluding hydrogens is 425 g/mol. The highest BCUT2D eigenvalue weighted by atomic mass is 16.7. The van der Waals surface area contributed by atoms with Crippen LogP contribution in [0.3, 0.4) is 0 Å². The van der Waals surface area contributed by atoms with Crippen LogP contribution in [0, 0.1) is 10.1 Å². The van der Waals surface area contributed by atoms with Crippen LogP contribution < -0.4 is 5.46 Å². The van der Waals surface area contributed by atoms with Crippen molar-refractivity contribution in [1.29, 1.82) is 0 Å². The molecule has 0 amide bonds. The zero-order valence-electron chi connectivity index (χ0n) is 21.0. The van der Waals surface area contributed by atoms with Gasteiger partial charge in [0.15, 0.2) is 0 Å². The molecule has 1 aliphatic rings. The van der Waals surface area contributed by atoms with E-state index in [1.165, 1.54) is 0 Å². The summed E-state index contributed by atoms with van der Waals surface area (Å²) in [5.74, 6) is 0. The Bertz CT molecular complexity index is 1230. The number of hydrogen-bond acceptors (Lipinski definition) is 4. The van der Waals surface area contributed by atoms with Gasteiger partial charge in [-0.15, -0.1) is 0 Å². The summed E-state index contributed by atoms with van der Waals surface area (Å²) < 4.78 is 12.7. The molecule has 0 atom stereocenters. The van der Waals surface area contributed by atoms with E-state index in [1.807, 2.05) is 58.0 Å². The van der Waals surface area contributed by atoms with Gasteiger partial charge in [0, 0.05) is 6.07 Å². The first-order valence-electron chi connectivity index (χ1n) is 11.6. The van der Waals surface area contributed by atoms with Gasteiger partial charge < -0.3 is 9.31 Å². The van der Waals surface area contributed by atoms with Crippen molar-refractivity contribution in [2.45, 2.75) is 65.1 Å². The second-order valence-electron chi connectivity index (χ2n) is 11.0. The quantitative estimate of drug-likeness (QED) is 0.254. The van der Waals surface area contributed by atoms with Gasteiger partial charge in [-0.25, -0.2) is 0 Å². The van der Waals surface area contributed by atoms with Gasteiger partial charge in [-0.05, 0) is 66.9 Å². The molecule has 3 aromatic carbocycles. The summed E-state index contributed by atoms with van der Waals surface area (Å²) in [5.41, 5.74) is 4.51. The smallest absolute Gasteiger partial charge is 0.399 e. The number of hydrogen-bond donors (Lipinski definition) is 0. The van der Waals surface area contributed by atoms with E-state index < -0.39 is 18.3 Å². The van der Waals surface area contributed by atoms with Crippen molar-refractivity contribution in [3.63, 3.8) is 0 Å². The third kappa shape index (κ3) is 4.40. The number of rotatable bonds is 4. The summed E-state index contributed by atoms with van der Waals surface area (Å²) in [5, 5.41) is 11.8. The Balaban J connectivity index is 1.91. The van der Waals surface area contributed by atoms with Gasteiger partial charge in [0.25, 0.3) is 5.69 Å². The first kappa shape index (κ1) is 24.2. The normalized spacial score (nSPS) is 17.1. The molecule has 0 aromatic heterocycles. The average molecular weight is 457 g/mol. The molecule has 3 aromatic rings. The van der Waals surface area contributed by atoms with Crippen LogP contribution in [0.2, 0.25) is 0 Å². The van der Waals surface area contributed by atoms with Crippen LogP contribution in [0.15, 0.2) is 66.7 Å². The molecule has 1 saturated heterocycles. The highest BCUT2D eigenvalue weighted by Crippen LogP contribution is 2.40. The molecule has 1 aliphatic heterocycles. The molecule has 1 fully saturated rings. The van der Waals surface area contributed by atoms with Crippen LogP contribution >= 0.6 is 0 Å². The van der Waals surface area contributed by atoms with Gasteiger partial charge in [0.05, 0.1) is 21.7 Å². The molecule has 6 heteroatoms. The summed E-state index contributed by atoms with van der Waals surface area (Å²) >= 11 is 0. The van der Waals surface area contributed by atoms with E-state index in [0.29, 0.717) is 5.56 Å². The highest BCUT2D eigenvalue weighted by molar-refractivity contribution is 6.62. The van der Waals surface area contributed by atoms with E-state index in [9.17, 15) is 10.1 Å². The molecular formula is C28H32BNO4. The molecule has 0 radical (unpaired) electrons. The monoisotopic (exact) mass is 457 g/mol. The fraction of sp³-hybridized carbons (Fsp3) is 0.357. The number of nitro benzene ring substituents is 1. The van der Waals surface area contributed by atoms with Crippen molar-refractivity contribution in [2.75, 3.05) is 0 Å². The van der Waals surface area contributed by atoms with Crippen LogP contribution in [0.1, 0.15) is 54.0 Å². The standard InChI is InChI=1S/C28H32BNO4/c1-26(2,3)20-16-19(17-21(18-20)29-33-27(4,5)28(6,7)34-29)22-12-8-9-13-23(22)24-14-10-11-15-25(24)30(31)32/h8-18H,1-7H3. The van der Waals surface area contributed by atoms with E-state index in [-0.39, 0.29) is 16.0 Å². The Morgan fingerprint density at radius 2 is 1.32 bits per heavy atom. The minimum atomic E-state index is -0.496. The van der Waals surface area contributed by atoms with E-state index in [0.717, 1.165) is 27.7 Å². The zero-order valence-corrected chi connectivity index (χ0v) is 21.0. The minimum absolute atomic E-state index is 0.0908. The van der Waals surface area contributed by atoms with Crippen molar-refractivity contribution in [1.82, 2.24) is 0 Å². The molecule has 0 aliphatic carbocycles. The van der Waals surface area contributed by atoms with Crippen LogP contribution in [-0.4, -0.2) is 23.2 Å². The van der Waals surface area contributed by atoms with Crippen molar-refractivity contribution in [3.05, 3.63) is 82.4 Å². The van der Waals surface area contributed by atoms with Gasteiger partial charge in [-0.1, -0.05) is 75.4 Å². The number of para-hydroxylation sites is 1. The van der Waals surface area contributed by atoms with Crippen LogP contribution in [0.25, 0.3) is 22.3 Å². The third-order valence-electron chi connectivity index (χ3n) is 6.98. The third-order valence-corrected chi connectivity index (χ3v) is 6.98. The predicted octanol–water partition coefficient (Wildman–Crippen LogP) is 6.53. The van der Waals surface area contributed by atoms with Crippen molar-refractivity contribution >= 4 is 18.3 Å². The molecule has 0 bridgehead atoms. The average Bonchev–Trinajstić information content (AvgIpc) is 2.99. The Hall–Kier alpha value is -2.96. The fourth-order valence-corrected chi connectivity index (χ4v) is 4.19. The Labute approximate surface area is 202 Å². The molecule has 0 saturated carbocycles. The summed E-state index contributed by atoms with van der Waals surface area (Å²) in [4.78, 5) is 11.4. The maximum absolute atomic E-state index is 11.8. The van der Waals surface area contributed by atoms with E-state index in [4.69, 9.17) is 9.31 Å². The molecule has 0 N–H and O–H groups in total. The van der Waals surface area contributed by atoms with Gasteiger partial charge >= 0.3 is 7.12 Å². The van der Waals surface area contributed by atoms with Crippen molar-refractivity contribution in [3.8, 4) is 22.3 Å². The topological polar surface area (TPSA) is 61.6 Å². The lowest BCUT2D eigenvalue weighted by Crippen LogP contribution is -2.41. The summed E-state index contributed by atoms with van der Waals surface area (Å²) in [6, 6.07) is 21.1. The van der Waals surface area contributed by atoms with Crippen LogP contribution in [0.5, 0.6) is 0 Å². The largest absolute Gasteiger partial charge is 0.494 e.